The highest BCUT2D eigenvalue weighted by atomic mass is 16.5. The molecule has 0 aliphatic heterocycles. The van der Waals surface area contributed by atoms with E-state index in [-0.39, 0.29) is 5.91 Å². The van der Waals surface area contributed by atoms with Crippen LogP contribution in [0.25, 0.3) is 11.3 Å². The molecular weight excluding hydrogens is 244 g/mol. The quantitative estimate of drug-likeness (QED) is 0.919. The first-order valence-electron chi connectivity index (χ1n) is 5.91. The normalized spacial score (nSPS) is 10.3. The maximum absolute atomic E-state index is 11.9. The molecule has 0 fully saturated rings. The van der Waals surface area contributed by atoms with Crippen LogP contribution in [-0.4, -0.2) is 25.0 Å². The zero-order valence-corrected chi connectivity index (χ0v) is 11.4. The molecule has 0 atom stereocenters. The van der Waals surface area contributed by atoms with Crippen molar-refractivity contribution in [2.45, 2.75) is 13.8 Å². The van der Waals surface area contributed by atoms with E-state index in [0.717, 1.165) is 16.9 Å². The summed E-state index contributed by atoms with van der Waals surface area (Å²) in [6, 6.07) is 3.55. The van der Waals surface area contributed by atoms with Crippen LogP contribution >= 0.6 is 0 Å². The largest absolute Gasteiger partial charge is 0.481 e. The molecule has 0 aliphatic carbocycles. The maximum atomic E-state index is 11.9. The first-order valence-corrected chi connectivity index (χ1v) is 5.91. The molecule has 19 heavy (non-hydrogen) atoms. The van der Waals surface area contributed by atoms with Gasteiger partial charge in [0.05, 0.1) is 12.7 Å². The average molecular weight is 260 g/mol. The number of aromatic nitrogens is 1. The highest BCUT2D eigenvalue weighted by molar-refractivity contribution is 6.01. The third-order valence-corrected chi connectivity index (χ3v) is 3.05. The lowest BCUT2D eigenvalue weighted by Crippen LogP contribution is -2.18. The smallest absolute Gasteiger partial charge is 0.255 e. The van der Waals surface area contributed by atoms with E-state index in [1.165, 1.54) is 0 Å². The molecule has 2 aromatic rings. The molecule has 2 rings (SSSR count). The Morgan fingerprint density at radius 2 is 2.11 bits per heavy atom. The summed E-state index contributed by atoms with van der Waals surface area (Å²) < 4.78 is 10.7. The number of carbonyl (C=O) groups excluding carboxylic acids is 1. The minimum absolute atomic E-state index is 0.167. The van der Waals surface area contributed by atoms with Crippen LogP contribution in [0, 0.1) is 13.8 Å². The molecule has 1 N–H and O–H groups in total. The van der Waals surface area contributed by atoms with Crippen LogP contribution in [0.15, 0.2) is 22.7 Å². The number of amides is 1. The van der Waals surface area contributed by atoms with Crippen molar-refractivity contribution >= 4 is 5.91 Å². The summed E-state index contributed by atoms with van der Waals surface area (Å²) in [5.74, 6) is 1.61. The zero-order chi connectivity index (χ0) is 14.0. The summed E-state index contributed by atoms with van der Waals surface area (Å²) in [7, 11) is 3.15. The second kappa shape index (κ2) is 5.14. The summed E-state index contributed by atoms with van der Waals surface area (Å²) in [5, 5.41) is 2.62. The number of hydrogen-bond donors (Lipinski definition) is 1. The van der Waals surface area contributed by atoms with Gasteiger partial charge in [-0.3, -0.25) is 4.79 Å². The van der Waals surface area contributed by atoms with E-state index >= 15 is 0 Å². The fourth-order valence-electron chi connectivity index (χ4n) is 1.86. The lowest BCUT2D eigenvalue weighted by atomic mass is 10.1. The molecule has 100 valence electrons. The molecule has 0 aromatic carbocycles. The van der Waals surface area contributed by atoms with Crippen LogP contribution in [0.5, 0.6) is 5.88 Å². The second-order valence-corrected chi connectivity index (χ2v) is 4.16. The summed E-state index contributed by atoms with van der Waals surface area (Å²) in [5.41, 5.74) is 2.13. The van der Waals surface area contributed by atoms with Crippen LogP contribution in [0.3, 0.4) is 0 Å². The Hall–Kier alpha value is -2.30. The molecule has 0 saturated carbocycles. The minimum atomic E-state index is -0.167. The lowest BCUT2D eigenvalue weighted by molar-refractivity contribution is 0.0963. The molecule has 0 bridgehead atoms. The first-order chi connectivity index (χ1) is 9.08. The zero-order valence-electron chi connectivity index (χ0n) is 11.4. The number of nitrogens with one attached hydrogen (secondary N) is 1. The fourth-order valence-corrected chi connectivity index (χ4v) is 1.86. The predicted molar refractivity (Wildman–Crippen MR) is 71.4 cm³/mol. The monoisotopic (exact) mass is 260 g/mol. The van der Waals surface area contributed by atoms with Gasteiger partial charge in [0, 0.05) is 30.4 Å². The van der Waals surface area contributed by atoms with Gasteiger partial charge in [-0.25, -0.2) is 4.98 Å². The molecule has 0 spiro atoms. The van der Waals surface area contributed by atoms with E-state index in [1.807, 2.05) is 19.9 Å². The van der Waals surface area contributed by atoms with Gasteiger partial charge in [0.2, 0.25) is 5.88 Å². The molecule has 2 heterocycles. The van der Waals surface area contributed by atoms with Gasteiger partial charge in [0.25, 0.3) is 5.91 Å². The summed E-state index contributed by atoms with van der Waals surface area (Å²) >= 11 is 0. The molecule has 1 amide bonds. The molecule has 5 nitrogen and oxygen atoms in total. The Bertz CT molecular complexity index is 600. The lowest BCUT2D eigenvalue weighted by Gasteiger charge is -2.03. The van der Waals surface area contributed by atoms with Gasteiger partial charge >= 0.3 is 0 Å². The number of ether oxygens (including phenoxy) is 1. The van der Waals surface area contributed by atoms with Crippen molar-refractivity contribution in [3.63, 3.8) is 0 Å². The van der Waals surface area contributed by atoms with Crippen LogP contribution in [0.2, 0.25) is 0 Å². The summed E-state index contributed by atoms with van der Waals surface area (Å²) in [4.78, 5) is 16.1. The summed E-state index contributed by atoms with van der Waals surface area (Å²) in [6.45, 7) is 3.70. The predicted octanol–water partition coefficient (Wildman–Crippen LogP) is 2.33. The second-order valence-electron chi connectivity index (χ2n) is 4.16. The van der Waals surface area contributed by atoms with E-state index in [1.54, 1.807) is 26.4 Å². The number of rotatable bonds is 3. The number of methoxy groups -OCH3 is 1. The average Bonchev–Trinajstić information content (AvgIpc) is 2.74. The van der Waals surface area contributed by atoms with E-state index in [9.17, 15) is 4.79 Å². The minimum Gasteiger partial charge on any atom is -0.481 e. The number of pyridine rings is 1. The van der Waals surface area contributed by atoms with Gasteiger partial charge < -0.3 is 14.5 Å². The number of furan rings is 1. The molecule has 2 aromatic heterocycles. The highest BCUT2D eigenvalue weighted by Crippen LogP contribution is 2.31. The SMILES string of the molecule is CNC(=O)c1c(-c2ccc(OC)nc2)oc(C)c1C. The number of carbonyl (C=O) groups is 1. The maximum Gasteiger partial charge on any atom is 0.255 e. The van der Waals surface area contributed by atoms with Gasteiger partial charge in [0.15, 0.2) is 0 Å². The number of nitrogens with zero attached hydrogens (tertiary/aromatic N) is 1. The van der Waals surface area contributed by atoms with Crippen LogP contribution < -0.4 is 10.1 Å². The van der Waals surface area contributed by atoms with Crippen molar-refractivity contribution in [3.05, 3.63) is 35.2 Å². The summed E-state index contributed by atoms with van der Waals surface area (Å²) in [6.07, 6.45) is 1.63. The molecule has 0 saturated heterocycles. The van der Waals surface area contributed by atoms with Crippen LogP contribution in [0.4, 0.5) is 0 Å². The van der Waals surface area contributed by atoms with E-state index in [2.05, 4.69) is 10.3 Å². The van der Waals surface area contributed by atoms with Crippen molar-refractivity contribution < 1.29 is 13.9 Å². The van der Waals surface area contributed by atoms with Crippen molar-refractivity contribution in [2.24, 2.45) is 0 Å². The van der Waals surface area contributed by atoms with Crippen molar-refractivity contribution in [2.75, 3.05) is 14.2 Å². The number of aryl methyl sites for hydroxylation is 1. The van der Waals surface area contributed by atoms with Crippen molar-refractivity contribution in [3.8, 4) is 17.2 Å². The Morgan fingerprint density at radius 1 is 1.37 bits per heavy atom. The van der Waals surface area contributed by atoms with Crippen molar-refractivity contribution in [1.82, 2.24) is 10.3 Å². The molecule has 0 unspecified atom stereocenters. The molecular formula is C14H16N2O3. The first kappa shape index (κ1) is 13.1. The van der Waals surface area contributed by atoms with Crippen LogP contribution in [0.1, 0.15) is 21.7 Å². The van der Waals surface area contributed by atoms with Gasteiger partial charge in [-0.1, -0.05) is 0 Å². The standard InChI is InChI=1S/C14H16N2O3/c1-8-9(2)19-13(12(8)14(17)15-3)10-5-6-11(18-4)16-7-10/h5-7H,1-4H3,(H,15,17). The van der Waals surface area contributed by atoms with Gasteiger partial charge in [0.1, 0.15) is 11.5 Å². The third kappa shape index (κ3) is 2.31. The van der Waals surface area contributed by atoms with E-state index in [0.29, 0.717) is 17.2 Å². The van der Waals surface area contributed by atoms with E-state index < -0.39 is 0 Å². The Balaban J connectivity index is 2.54. The molecule has 0 radical (unpaired) electrons. The Labute approximate surface area is 111 Å². The number of hydrogen-bond acceptors (Lipinski definition) is 4. The van der Waals surface area contributed by atoms with Crippen molar-refractivity contribution in [1.29, 1.82) is 0 Å². The highest BCUT2D eigenvalue weighted by Gasteiger charge is 2.21. The van der Waals surface area contributed by atoms with Gasteiger partial charge in [-0.05, 0) is 19.9 Å². The topological polar surface area (TPSA) is 64.4 Å². The Kier molecular flexibility index (Phi) is 3.55. The van der Waals surface area contributed by atoms with E-state index in [4.69, 9.17) is 9.15 Å². The van der Waals surface area contributed by atoms with Gasteiger partial charge in [-0.15, -0.1) is 0 Å². The third-order valence-electron chi connectivity index (χ3n) is 3.05. The molecule has 5 heteroatoms. The van der Waals surface area contributed by atoms with Gasteiger partial charge in [-0.2, -0.15) is 0 Å². The Morgan fingerprint density at radius 3 is 2.63 bits per heavy atom. The van der Waals surface area contributed by atoms with Crippen LogP contribution in [-0.2, 0) is 0 Å². The molecule has 0 aliphatic rings. The fraction of sp³-hybridized carbons (Fsp3) is 0.286.